The summed E-state index contributed by atoms with van der Waals surface area (Å²) in [5.41, 5.74) is 5.11. The van der Waals surface area contributed by atoms with E-state index in [0.717, 1.165) is 5.92 Å². The summed E-state index contributed by atoms with van der Waals surface area (Å²) in [6.45, 7) is 14.1. The van der Waals surface area contributed by atoms with E-state index in [-0.39, 0.29) is 0 Å². The topological polar surface area (TPSA) is 0 Å². The van der Waals surface area contributed by atoms with E-state index in [1.165, 1.54) is 51.4 Å². The predicted molar refractivity (Wildman–Crippen MR) is 87.6 cm³/mol. The van der Waals surface area contributed by atoms with Gasteiger partial charge < -0.3 is 0 Å². The molecule has 112 valence electrons. The lowest BCUT2D eigenvalue weighted by atomic mass is 9.49. The Bertz CT molecular complexity index is 453. The highest BCUT2D eigenvalue weighted by molar-refractivity contribution is 5.33. The van der Waals surface area contributed by atoms with Crippen molar-refractivity contribution in [3.05, 3.63) is 23.8 Å². The van der Waals surface area contributed by atoms with Crippen LogP contribution >= 0.6 is 0 Å². The molecule has 0 aromatic rings. The van der Waals surface area contributed by atoms with Crippen LogP contribution in [0.4, 0.5) is 0 Å². The highest BCUT2D eigenvalue weighted by atomic mass is 14.5. The average Bonchev–Trinajstić information content (AvgIpc) is 2.40. The van der Waals surface area contributed by atoms with E-state index in [9.17, 15) is 0 Å². The molecule has 3 atom stereocenters. The summed E-state index contributed by atoms with van der Waals surface area (Å²) in [5.74, 6) is 0.895. The van der Waals surface area contributed by atoms with Crippen molar-refractivity contribution >= 4 is 0 Å². The fourth-order valence-corrected chi connectivity index (χ4v) is 5.50. The van der Waals surface area contributed by atoms with Crippen molar-refractivity contribution < 1.29 is 0 Å². The lowest BCUT2D eigenvalue weighted by Gasteiger charge is -2.55. The van der Waals surface area contributed by atoms with Gasteiger partial charge in [-0.1, -0.05) is 44.9 Å². The molecule has 20 heavy (non-hydrogen) atoms. The van der Waals surface area contributed by atoms with E-state index >= 15 is 0 Å². The standard InChI is InChI=1S/C20H32/c1-6-19(4)12-13-20(5)15(14-19)9-10-16-17(20)8-7-11-18(16,2)3/h6,15H,1,7-14H2,2-5H3/t15-,19-,20-/m0/s1. The third kappa shape index (κ3) is 2.02. The minimum Gasteiger partial charge on any atom is -0.103 e. The fraction of sp³-hybridized carbons (Fsp3) is 0.800. The number of allylic oxidation sites excluding steroid dienone is 3. The molecule has 0 spiro atoms. The summed E-state index contributed by atoms with van der Waals surface area (Å²) in [5, 5.41) is 0. The number of rotatable bonds is 1. The molecule has 1 fully saturated rings. The lowest BCUT2D eigenvalue weighted by molar-refractivity contribution is 0.0569. The second-order valence-electron chi connectivity index (χ2n) is 8.91. The van der Waals surface area contributed by atoms with E-state index in [4.69, 9.17) is 0 Å². The zero-order chi connectivity index (χ0) is 14.6. The van der Waals surface area contributed by atoms with Crippen LogP contribution in [0.1, 0.15) is 79.1 Å². The van der Waals surface area contributed by atoms with Gasteiger partial charge in [-0.3, -0.25) is 0 Å². The van der Waals surface area contributed by atoms with Crippen molar-refractivity contribution in [3.63, 3.8) is 0 Å². The Balaban J connectivity index is 1.98. The van der Waals surface area contributed by atoms with Crippen LogP contribution in [-0.2, 0) is 0 Å². The molecular weight excluding hydrogens is 240 g/mol. The molecule has 0 nitrogen and oxygen atoms in total. The van der Waals surface area contributed by atoms with E-state index in [2.05, 4.69) is 40.3 Å². The summed E-state index contributed by atoms with van der Waals surface area (Å²) in [7, 11) is 0. The van der Waals surface area contributed by atoms with Gasteiger partial charge in [-0.15, -0.1) is 6.58 Å². The Morgan fingerprint density at radius 2 is 1.75 bits per heavy atom. The maximum absolute atomic E-state index is 4.11. The molecule has 1 saturated carbocycles. The molecule has 3 aliphatic rings. The number of hydrogen-bond donors (Lipinski definition) is 0. The van der Waals surface area contributed by atoms with Crippen molar-refractivity contribution in [1.82, 2.24) is 0 Å². The molecule has 0 aromatic carbocycles. The number of fused-ring (bicyclic) bond motifs is 2. The van der Waals surface area contributed by atoms with E-state index in [0.29, 0.717) is 16.2 Å². The van der Waals surface area contributed by atoms with Crippen molar-refractivity contribution in [2.24, 2.45) is 22.2 Å². The van der Waals surface area contributed by atoms with Gasteiger partial charge in [-0.2, -0.15) is 0 Å². The van der Waals surface area contributed by atoms with Crippen LogP contribution in [0.15, 0.2) is 23.8 Å². The zero-order valence-corrected chi connectivity index (χ0v) is 14.0. The van der Waals surface area contributed by atoms with E-state index in [1.807, 2.05) is 11.1 Å². The van der Waals surface area contributed by atoms with Gasteiger partial charge in [0.25, 0.3) is 0 Å². The van der Waals surface area contributed by atoms with E-state index in [1.54, 1.807) is 0 Å². The third-order valence-electron chi connectivity index (χ3n) is 7.16. The Labute approximate surface area is 125 Å². The normalized spacial score (nSPS) is 43.7. The van der Waals surface area contributed by atoms with Crippen LogP contribution in [0.3, 0.4) is 0 Å². The largest absolute Gasteiger partial charge is 0.103 e. The molecule has 0 heteroatoms. The van der Waals surface area contributed by atoms with E-state index < -0.39 is 0 Å². The third-order valence-corrected chi connectivity index (χ3v) is 7.16. The Hall–Kier alpha value is -0.520. The molecule has 0 unspecified atom stereocenters. The van der Waals surface area contributed by atoms with Crippen molar-refractivity contribution in [2.45, 2.75) is 79.1 Å². The zero-order valence-electron chi connectivity index (χ0n) is 14.0. The van der Waals surface area contributed by atoms with Crippen LogP contribution < -0.4 is 0 Å². The van der Waals surface area contributed by atoms with Gasteiger partial charge in [0, 0.05) is 0 Å². The summed E-state index contributed by atoms with van der Waals surface area (Å²) in [6, 6.07) is 0. The summed E-state index contributed by atoms with van der Waals surface area (Å²) in [6.07, 6.45) is 13.3. The van der Waals surface area contributed by atoms with Crippen LogP contribution in [0.25, 0.3) is 0 Å². The van der Waals surface area contributed by atoms with Crippen molar-refractivity contribution in [3.8, 4) is 0 Å². The first-order valence-corrected chi connectivity index (χ1v) is 8.67. The first-order valence-electron chi connectivity index (χ1n) is 8.67. The van der Waals surface area contributed by atoms with Gasteiger partial charge in [-0.25, -0.2) is 0 Å². The quantitative estimate of drug-likeness (QED) is 0.492. The Kier molecular flexibility index (Phi) is 3.23. The molecule has 0 N–H and O–H groups in total. The SMILES string of the molecule is C=C[C@@]1(C)CC[C@]2(C)C3=C(CC[C@H]2C1)C(C)(C)CCC3. The highest BCUT2D eigenvalue weighted by Gasteiger charge is 2.50. The predicted octanol–water partition coefficient (Wildman–Crippen LogP) is 6.29. The molecule has 0 radical (unpaired) electrons. The molecule has 0 aromatic heterocycles. The smallest absolute Gasteiger partial charge is 0.00845 e. The molecule has 0 aliphatic heterocycles. The maximum Gasteiger partial charge on any atom is -0.00845 e. The molecule has 0 amide bonds. The average molecular weight is 272 g/mol. The van der Waals surface area contributed by atoms with Gasteiger partial charge in [0.05, 0.1) is 0 Å². The van der Waals surface area contributed by atoms with Crippen molar-refractivity contribution in [1.29, 1.82) is 0 Å². The molecular formula is C20H32. The minimum absolute atomic E-state index is 0.395. The van der Waals surface area contributed by atoms with Gasteiger partial charge in [0.1, 0.15) is 0 Å². The Morgan fingerprint density at radius 1 is 1.00 bits per heavy atom. The van der Waals surface area contributed by atoms with Gasteiger partial charge in [-0.05, 0) is 73.5 Å². The first kappa shape index (κ1) is 14.4. The maximum atomic E-state index is 4.11. The molecule has 3 rings (SSSR count). The monoisotopic (exact) mass is 272 g/mol. The van der Waals surface area contributed by atoms with Gasteiger partial charge in [0.2, 0.25) is 0 Å². The summed E-state index contributed by atoms with van der Waals surface area (Å²) >= 11 is 0. The molecule has 0 heterocycles. The van der Waals surface area contributed by atoms with Gasteiger partial charge in [0.15, 0.2) is 0 Å². The first-order chi connectivity index (χ1) is 9.31. The molecule has 0 saturated heterocycles. The fourth-order valence-electron chi connectivity index (χ4n) is 5.50. The van der Waals surface area contributed by atoms with Crippen LogP contribution in [0, 0.1) is 22.2 Å². The molecule has 0 bridgehead atoms. The Morgan fingerprint density at radius 3 is 2.45 bits per heavy atom. The summed E-state index contributed by atoms with van der Waals surface area (Å²) < 4.78 is 0. The number of hydrogen-bond acceptors (Lipinski definition) is 0. The van der Waals surface area contributed by atoms with Crippen LogP contribution in [-0.4, -0.2) is 0 Å². The molecule has 3 aliphatic carbocycles. The minimum atomic E-state index is 0.395. The van der Waals surface area contributed by atoms with Crippen LogP contribution in [0.5, 0.6) is 0 Å². The second kappa shape index (κ2) is 4.49. The van der Waals surface area contributed by atoms with Crippen molar-refractivity contribution in [2.75, 3.05) is 0 Å². The summed E-state index contributed by atoms with van der Waals surface area (Å²) in [4.78, 5) is 0. The van der Waals surface area contributed by atoms with Gasteiger partial charge >= 0.3 is 0 Å². The van der Waals surface area contributed by atoms with Crippen LogP contribution in [0.2, 0.25) is 0 Å². The lowest BCUT2D eigenvalue weighted by Crippen LogP contribution is -2.44. The second-order valence-corrected chi connectivity index (χ2v) is 8.91. The highest BCUT2D eigenvalue weighted by Crippen LogP contribution is 2.62.